The Morgan fingerprint density at radius 2 is 2.00 bits per heavy atom. The molecule has 0 spiro atoms. The molecular formula is C9H7NO5. The first-order chi connectivity index (χ1) is 7.06. The van der Waals surface area contributed by atoms with Crippen LogP contribution in [0.1, 0.15) is 5.56 Å². The Labute approximate surface area is 84.2 Å². The molecule has 0 amide bonds. The van der Waals surface area contributed by atoms with E-state index in [1.807, 2.05) is 0 Å². The van der Waals surface area contributed by atoms with Gasteiger partial charge in [-0.2, -0.15) is 0 Å². The SMILES string of the molecule is O=C/C=C/c1cc(O)c(O)c([N+](=O)[O-])c1. The largest absolute Gasteiger partial charge is 0.504 e. The normalized spacial score (nSPS) is 10.4. The van der Waals surface area contributed by atoms with Crippen LogP contribution in [0.25, 0.3) is 6.08 Å². The number of nitro benzene ring substituents is 1. The Kier molecular flexibility index (Phi) is 3.02. The summed E-state index contributed by atoms with van der Waals surface area (Å²) in [6.45, 7) is 0. The minimum absolute atomic E-state index is 0.254. The van der Waals surface area contributed by atoms with E-state index >= 15 is 0 Å². The Morgan fingerprint density at radius 3 is 2.53 bits per heavy atom. The van der Waals surface area contributed by atoms with E-state index in [9.17, 15) is 14.9 Å². The van der Waals surface area contributed by atoms with Crippen LogP contribution in [-0.2, 0) is 4.79 Å². The molecule has 0 aliphatic rings. The molecule has 0 radical (unpaired) electrons. The quantitative estimate of drug-likeness (QED) is 0.256. The van der Waals surface area contributed by atoms with E-state index < -0.39 is 22.1 Å². The van der Waals surface area contributed by atoms with Gasteiger partial charge in [-0.15, -0.1) is 0 Å². The van der Waals surface area contributed by atoms with Gasteiger partial charge in [0.1, 0.15) is 6.29 Å². The van der Waals surface area contributed by atoms with Gasteiger partial charge in [0.15, 0.2) is 5.75 Å². The highest BCUT2D eigenvalue weighted by molar-refractivity contribution is 5.75. The van der Waals surface area contributed by atoms with Gasteiger partial charge in [-0.1, -0.05) is 6.08 Å². The molecule has 0 fully saturated rings. The lowest BCUT2D eigenvalue weighted by atomic mass is 10.1. The summed E-state index contributed by atoms with van der Waals surface area (Å²) < 4.78 is 0. The monoisotopic (exact) mass is 209 g/mol. The van der Waals surface area contributed by atoms with Crippen LogP contribution >= 0.6 is 0 Å². The van der Waals surface area contributed by atoms with E-state index in [4.69, 9.17) is 10.2 Å². The van der Waals surface area contributed by atoms with Gasteiger partial charge in [0.2, 0.25) is 5.75 Å². The maximum Gasteiger partial charge on any atom is 0.315 e. The molecule has 15 heavy (non-hydrogen) atoms. The van der Waals surface area contributed by atoms with E-state index in [0.29, 0.717) is 6.29 Å². The number of nitrogens with zero attached hydrogens (tertiary/aromatic N) is 1. The number of benzene rings is 1. The fourth-order valence-electron chi connectivity index (χ4n) is 1.01. The molecule has 6 heteroatoms. The van der Waals surface area contributed by atoms with Gasteiger partial charge in [-0.3, -0.25) is 14.9 Å². The van der Waals surface area contributed by atoms with Gasteiger partial charge in [-0.25, -0.2) is 0 Å². The van der Waals surface area contributed by atoms with Crippen LogP contribution < -0.4 is 0 Å². The first-order valence-electron chi connectivity index (χ1n) is 3.88. The maximum atomic E-state index is 10.4. The average Bonchev–Trinajstić information content (AvgIpc) is 2.19. The minimum atomic E-state index is -0.826. The van der Waals surface area contributed by atoms with Gasteiger partial charge in [0.05, 0.1) is 4.92 Å². The zero-order valence-electron chi connectivity index (χ0n) is 7.45. The van der Waals surface area contributed by atoms with E-state index in [1.165, 1.54) is 6.08 Å². The standard InChI is InChI=1S/C9H7NO5/c11-3-1-2-6-4-7(10(14)15)9(13)8(12)5-6/h1-5,12-13H/b2-1+. The van der Waals surface area contributed by atoms with Crippen LogP contribution in [0.3, 0.4) is 0 Å². The van der Waals surface area contributed by atoms with Crippen molar-refractivity contribution in [2.75, 3.05) is 0 Å². The predicted molar refractivity (Wildman–Crippen MR) is 51.5 cm³/mol. The number of carbonyl (C=O) groups is 1. The highest BCUT2D eigenvalue weighted by atomic mass is 16.6. The molecule has 2 N–H and O–H groups in total. The third kappa shape index (κ3) is 2.31. The van der Waals surface area contributed by atoms with Crippen LogP contribution in [0.2, 0.25) is 0 Å². The number of aromatic hydroxyl groups is 2. The summed E-state index contributed by atoms with van der Waals surface area (Å²) in [4.78, 5) is 19.6. The van der Waals surface area contributed by atoms with Crippen molar-refractivity contribution in [2.45, 2.75) is 0 Å². The van der Waals surface area contributed by atoms with Crippen molar-refractivity contribution < 1.29 is 19.9 Å². The lowest BCUT2D eigenvalue weighted by molar-refractivity contribution is -0.386. The highest BCUT2D eigenvalue weighted by Gasteiger charge is 2.17. The molecule has 0 saturated carbocycles. The maximum absolute atomic E-state index is 10.4. The number of rotatable bonds is 3. The number of hydrogen-bond acceptors (Lipinski definition) is 5. The molecule has 0 atom stereocenters. The fraction of sp³-hybridized carbons (Fsp3) is 0. The predicted octanol–water partition coefficient (Wildman–Crippen LogP) is 1.22. The summed E-state index contributed by atoms with van der Waals surface area (Å²) >= 11 is 0. The molecule has 0 unspecified atom stereocenters. The van der Waals surface area contributed by atoms with E-state index in [1.54, 1.807) is 0 Å². The number of phenolic OH excluding ortho intramolecular Hbond substituents is 2. The Bertz CT molecular complexity index is 438. The number of hydrogen-bond donors (Lipinski definition) is 2. The number of aldehydes is 1. The van der Waals surface area contributed by atoms with Crippen molar-refractivity contribution in [1.29, 1.82) is 0 Å². The van der Waals surface area contributed by atoms with Gasteiger partial charge in [0, 0.05) is 6.07 Å². The third-order valence-electron chi connectivity index (χ3n) is 1.66. The minimum Gasteiger partial charge on any atom is -0.504 e. The Hall–Kier alpha value is -2.37. The van der Waals surface area contributed by atoms with Crippen LogP contribution in [0.4, 0.5) is 5.69 Å². The van der Waals surface area contributed by atoms with Crippen molar-refractivity contribution >= 4 is 18.0 Å². The van der Waals surface area contributed by atoms with Gasteiger partial charge in [0.25, 0.3) is 0 Å². The van der Waals surface area contributed by atoms with E-state index in [2.05, 4.69) is 0 Å². The number of nitro groups is 1. The zero-order valence-corrected chi connectivity index (χ0v) is 7.45. The second kappa shape index (κ2) is 4.23. The molecule has 0 aromatic heterocycles. The van der Waals surface area contributed by atoms with Gasteiger partial charge >= 0.3 is 5.69 Å². The molecular weight excluding hydrogens is 202 g/mol. The van der Waals surface area contributed by atoms with Crippen LogP contribution in [0, 0.1) is 10.1 Å². The lowest BCUT2D eigenvalue weighted by Crippen LogP contribution is -1.89. The topological polar surface area (TPSA) is 101 Å². The van der Waals surface area contributed by atoms with Crippen molar-refractivity contribution in [3.8, 4) is 11.5 Å². The molecule has 78 valence electrons. The Balaban J connectivity index is 3.29. The molecule has 0 aliphatic carbocycles. The summed E-state index contributed by atoms with van der Waals surface area (Å²) in [5.74, 6) is -1.39. The fourth-order valence-corrected chi connectivity index (χ4v) is 1.01. The number of phenols is 2. The summed E-state index contributed by atoms with van der Waals surface area (Å²) in [5.41, 5.74) is -0.357. The van der Waals surface area contributed by atoms with Crippen molar-refractivity contribution in [3.05, 3.63) is 33.9 Å². The molecule has 1 aromatic carbocycles. The summed E-state index contributed by atoms with van der Waals surface area (Å²) in [7, 11) is 0. The molecule has 0 aliphatic heterocycles. The average molecular weight is 209 g/mol. The molecule has 0 saturated heterocycles. The highest BCUT2D eigenvalue weighted by Crippen LogP contribution is 2.36. The smallest absolute Gasteiger partial charge is 0.315 e. The summed E-state index contributed by atoms with van der Waals surface area (Å²) in [6.07, 6.45) is 2.89. The summed E-state index contributed by atoms with van der Waals surface area (Å²) in [6, 6.07) is 2.16. The molecule has 6 nitrogen and oxygen atoms in total. The van der Waals surface area contributed by atoms with E-state index in [0.717, 1.165) is 18.2 Å². The van der Waals surface area contributed by atoms with E-state index in [-0.39, 0.29) is 5.56 Å². The molecule has 1 aromatic rings. The first kappa shape index (κ1) is 10.7. The number of carbonyl (C=O) groups excluding carboxylic acids is 1. The molecule has 0 bridgehead atoms. The molecule has 0 heterocycles. The van der Waals surface area contributed by atoms with Crippen molar-refractivity contribution in [3.63, 3.8) is 0 Å². The third-order valence-corrected chi connectivity index (χ3v) is 1.66. The van der Waals surface area contributed by atoms with Crippen LogP contribution in [-0.4, -0.2) is 21.4 Å². The van der Waals surface area contributed by atoms with Crippen molar-refractivity contribution in [1.82, 2.24) is 0 Å². The lowest BCUT2D eigenvalue weighted by Gasteiger charge is -2.00. The Morgan fingerprint density at radius 1 is 1.33 bits per heavy atom. The second-order valence-corrected chi connectivity index (χ2v) is 2.66. The van der Waals surface area contributed by atoms with Crippen LogP contribution in [0.15, 0.2) is 18.2 Å². The van der Waals surface area contributed by atoms with Crippen molar-refractivity contribution in [2.24, 2.45) is 0 Å². The second-order valence-electron chi connectivity index (χ2n) is 2.66. The number of allylic oxidation sites excluding steroid dienone is 1. The summed E-state index contributed by atoms with van der Waals surface area (Å²) in [5, 5.41) is 28.7. The van der Waals surface area contributed by atoms with Crippen LogP contribution in [0.5, 0.6) is 11.5 Å². The first-order valence-corrected chi connectivity index (χ1v) is 3.88. The van der Waals surface area contributed by atoms with Gasteiger partial charge < -0.3 is 10.2 Å². The molecule has 1 rings (SSSR count). The zero-order chi connectivity index (χ0) is 11.4. The van der Waals surface area contributed by atoms with Gasteiger partial charge in [-0.05, 0) is 17.7 Å².